The second-order valence-corrected chi connectivity index (χ2v) is 9.06. The van der Waals surface area contributed by atoms with Crippen LogP contribution in [0.4, 0.5) is 18.9 Å². The largest absolute Gasteiger partial charge is 0.482 e. The van der Waals surface area contributed by atoms with Gasteiger partial charge in [0, 0.05) is 31.4 Å². The van der Waals surface area contributed by atoms with Crippen LogP contribution in [-0.2, 0) is 21.8 Å². The number of amides is 1. The van der Waals surface area contributed by atoms with Crippen LogP contribution in [0.25, 0.3) is 0 Å². The number of morpholine rings is 1. The van der Waals surface area contributed by atoms with Gasteiger partial charge >= 0.3 is 6.18 Å². The van der Waals surface area contributed by atoms with Crippen LogP contribution in [0.3, 0.4) is 0 Å². The van der Waals surface area contributed by atoms with Crippen molar-refractivity contribution in [1.82, 2.24) is 8.87 Å². The van der Waals surface area contributed by atoms with E-state index in [0.717, 1.165) is 0 Å². The van der Waals surface area contributed by atoms with Gasteiger partial charge in [-0.05, 0) is 24.3 Å². The van der Waals surface area contributed by atoms with E-state index in [1.807, 2.05) is 0 Å². The Bertz CT molecular complexity index is 1070. The standard InChI is InChI=1S/C18H19ClF3N3O5S/c1-24-10-13(31(27,28)25-4-6-29-7-5-25)9-15(24)17(26)23-14-8-12(19)2-3-16(14)30-11-18(20,21)22/h2-3,8-10H,4-7,11H2,1H3,(H,23,26). The normalized spacial score (nSPS) is 15.6. The van der Waals surface area contributed by atoms with Crippen LogP contribution < -0.4 is 10.1 Å². The molecule has 170 valence electrons. The number of aromatic nitrogens is 1. The molecule has 1 saturated heterocycles. The van der Waals surface area contributed by atoms with E-state index in [9.17, 15) is 26.4 Å². The molecule has 1 aromatic heterocycles. The van der Waals surface area contributed by atoms with Gasteiger partial charge in [-0.1, -0.05) is 11.6 Å². The van der Waals surface area contributed by atoms with Crippen LogP contribution in [0.5, 0.6) is 5.75 Å². The monoisotopic (exact) mass is 481 g/mol. The number of rotatable bonds is 6. The Morgan fingerprint density at radius 2 is 1.94 bits per heavy atom. The van der Waals surface area contributed by atoms with E-state index in [0.29, 0.717) is 0 Å². The highest BCUT2D eigenvalue weighted by atomic mass is 35.5. The quantitative estimate of drug-likeness (QED) is 0.685. The summed E-state index contributed by atoms with van der Waals surface area (Å²) in [5.41, 5.74) is -0.103. The molecular weight excluding hydrogens is 463 g/mol. The number of anilines is 1. The third kappa shape index (κ3) is 5.70. The number of hydrogen-bond donors (Lipinski definition) is 1. The number of halogens is 4. The number of carbonyl (C=O) groups excluding carboxylic acids is 1. The van der Waals surface area contributed by atoms with E-state index in [1.54, 1.807) is 0 Å². The van der Waals surface area contributed by atoms with Gasteiger partial charge in [0.2, 0.25) is 10.0 Å². The second-order valence-electron chi connectivity index (χ2n) is 6.69. The van der Waals surface area contributed by atoms with Gasteiger partial charge in [0.15, 0.2) is 6.61 Å². The first-order valence-electron chi connectivity index (χ1n) is 9.02. The summed E-state index contributed by atoms with van der Waals surface area (Å²) >= 11 is 5.89. The van der Waals surface area contributed by atoms with Crippen molar-refractivity contribution >= 4 is 33.2 Å². The second kappa shape index (κ2) is 9.07. The summed E-state index contributed by atoms with van der Waals surface area (Å²) in [6, 6.07) is 4.95. The van der Waals surface area contributed by atoms with Gasteiger partial charge in [0.1, 0.15) is 16.3 Å². The number of aryl methyl sites for hydroxylation is 1. The highest BCUT2D eigenvalue weighted by molar-refractivity contribution is 7.89. The zero-order valence-electron chi connectivity index (χ0n) is 16.3. The minimum atomic E-state index is -4.57. The number of ether oxygens (including phenoxy) is 2. The SMILES string of the molecule is Cn1cc(S(=O)(=O)N2CCOCC2)cc1C(=O)Nc1cc(Cl)ccc1OCC(F)(F)F. The highest BCUT2D eigenvalue weighted by Gasteiger charge is 2.30. The Morgan fingerprint density at radius 1 is 1.26 bits per heavy atom. The number of hydrogen-bond acceptors (Lipinski definition) is 5. The van der Waals surface area contributed by atoms with Gasteiger partial charge < -0.3 is 19.4 Å². The summed E-state index contributed by atoms with van der Waals surface area (Å²) in [5, 5.41) is 2.59. The fourth-order valence-corrected chi connectivity index (χ4v) is 4.56. The fraction of sp³-hybridized carbons (Fsp3) is 0.389. The van der Waals surface area contributed by atoms with Crippen molar-refractivity contribution in [2.24, 2.45) is 7.05 Å². The van der Waals surface area contributed by atoms with Crippen molar-refractivity contribution in [2.45, 2.75) is 11.1 Å². The molecule has 0 bridgehead atoms. The Labute approximate surface area is 181 Å². The lowest BCUT2D eigenvalue weighted by Gasteiger charge is -2.25. The van der Waals surface area contributed by atoms with Crippen molar-refractivity contribution in [3.05, 3.63) is 41.2 Å². The summed E-state index contributed by atoms with van der Waals surface area (Å²) in [4.78, 5) is 12.7. The molecule has 13 heteroatoms. The number of sulfonamides is 1. The van der Waals surface area contributed by atoms with E-state index in [1.165, 1.54) is 46.4 Å². The fourth-order valence-electron chi connectivity index (χ4n) is 2.91. The van der Waals surface area contributed by atoms with Crippen molar-refractivity contribution in [2.75, 3.05) is 38.2 Å². The van der Waals surface area contributed by atoms with E-state index >= 15 is 0 Å². The van der Waals surface area contributed by atoms with Gasteiger partial charge in [-0.15, -0.1) is 0 Å². The Hall–Kier alpha value is -2.28. The zero-order chi connectivity index (χ0) is 22.8. The highest BCUT2D eigenvalue weighted by Crippen LogP contribution is 2.30. The molecule has 0 atom stereocenters. The number of benzene rings is 1. The van der Waals surface area contributed by atoms with Crippen LogP contribution >= 0.6 is 11.6 Å². The molecule has 0 unspecified atom stereocenters. The molecule has 1 fully saturated rings. The molecule has 0 radical (unpaired) electrons. The van der Waals surface area contributed by atoms with Gasteiger partial charge in [0.05, 0.1) is 18.9 Å². The zero-order valence-corrected chi connectivity index (χ0v) is 17.9. The van der Waals surface area contributed by atoms with Gasteiger partial charge in [-0.2, -0.15) is 17.5 Å². The molecule has 0 saturated carbocycles. The summed E-state index contributed by atoms with van der Waals surface area (Å²) in [6.07, 6.45) is -3.28. The van der Waals surface area contributed by atoms with Crippen LogP contribution in [0, 0.1) is 0 Å². The summed E-state index contributed by atoms with van der Waals surface area (Å²) in [7, 11) is -2.35. The first-order valence-corrected chi connectivity index (χ1v) is 10.8. The van der Waals surface area contributed by atoms with Crippen LogP contribution in [0.15, 0.2) is 35.4 Å². The maximum absolute atomic E-state index is 12.8. The van der Waals surface area contributed by atoms with Crippen LogP contribution in [0.2, 0.25) is 5.02 Å². The van der Waals surface area contributed by atoms with Crippen molar-refractivity contribution in [3.8, 4) is 5.75 Å². The van der Waals surface area contributed by atoms with Crippen molar-refractivity contribution in [1.29, 1.82) is 0 Å². The molecule has 0 spiro atoms. The Balaban J connectivity index is 1.82. The maximum Gasteiger partial charge on any atom is 0.422 e. The lowest BCUT2D eigenvalue weighted by molar-refractivity contribution is -0.153. The van der Waals surface area contributed by atoms with E-state index in [4.69, 9.17) is 21.1 Å². The van der Waals surface area contributed by atoms with Crippen LogP contribution in [0.1, 0.15) is 10.5 Å². The first kappa shape index (κ1) is 23.4. The molecule has 3 rings (SSSR count). The Kier molecular flexibility index (Phi) is 6.84. The lowest BCUT2D eigenvalue weighted by atomic mass is 10.2. The Morgan fingerprint density at radius 3 is 2.58 bits per heavy atom. The number of carbonyl (C=O) groups is 1. The average molecular weight is 482 g/mol. The molecule has 1 aliphatic heterocycles. The maximum atomic E-state index is 12.8. The van der Waals surface area contributed by atoms with E-state index in [2.05, 4.69) is 5.32 Å². The molecule has 8 nitrogen and oxygen atoms in total. The number of nitrogens with one attached hydrogen (secondary N) is 1. The van der Waals surface area contributed by atoms with Crippen molar-refractivity contribution < 1.29 is 35.9 Å². The molecule has 0 aliphatic carbocycles. The van der Waals surface area contributed by atoms with E-state index < -0.39 is 28.7 Å². The molecule has 2 heterocycles. The smallest absolute Gasteiger partial charge is 0.422 e. The molecule has 31 heavy (non-hydrogen) atoms. The van der Waals surface area contributed by atoms with Gasteiger partial charge in [-0.25, -0.2) is 8.42 Å². The minimum absolute atomic E-state index is 0.0198. The predicted octanol–water partition coefficient (Wildman–Crippen LogP) is 2.89. The summed E-state index contributed by atoms with van der Waals surface area (Å²) in [6.45, 7) is -0.615. The molecule has 1 amide bonds. The number of nitrogens with zero attached hydrogens (tertiary/aromatic N) is 2. The molecule has 1 aromatic carbocycles. The number of alkyl halides is 3. The lowest BCUT2D eigenvalue weighted by Crippen LogP contribution is -2.40. The summed E-state index contributed by atoms with van der Waals surface area (Å²) in [5.74, 6) is -0.976. The van der Waals surface area contributed by atoms with E-state index in [-0.39, 0.29) is 53.4 Å². The van der Waals surface area contributed by atoms with Crippen molar-refractivity contribution in [3.63, 3.8) is 0 Å². The minimum Gasteiger partial charge on any atom is -0.482 e. The third-order valence-electron chi connectivity index (χ3n) is 4.40. The summed E-state index contributed by atoms with van der Waals surface area (Å²) < 4.78 is 75.5. The molecule has 1 N–H and O–H groups in total. The van der Waals surface area contributed by atoms with Crippen LogP contribution in [-0.4, -0.2) is 62.3 Å². The average Bonchev–Trinajstić information content (AvgIpc) is 3.10. The molecule has 1 aliphatic rings. The van der Waals surface area contributed by atoms with Gasteiger partial charge in [0.25, 0.3) is 5.91 Å². The first-order chi connectivity index (χ1) is 14.5. The third-order valence-corrected chi connectivity index (χ3v) is 6.50. The topological polar surface area (TPSA) is 89.9 Å². The predicted molar refractivity (Wildman–Crippen MR) is 106 cm³/mol. The molecule has 2 aromatic rings. The molecular formula is C18H19ClF3N3O5S. The van der Waals surface area contributed by atoms with Gasteiger partial charge in [-0.3, -0.25) is 4.79 Å².